The van der Waals surface area contributed by atoms with Gasteiger partial charge in [0.2, 0.25) is 0 Å². The van der Waals surface area contributed by atoms with Gasteiger partial charge in [0.1, 0.15) is 17.0 Å². The van der Waals surface area contributed by atoms with Gasteiger partial charge >= 0.3 is 0 Å². The average Bonchev–Trinajstić information content (AvgIpc) is 3.24. The van der Waals surface area contributed by atoms with Crippen molar-refractivity contribution in [2.45, 2.75) is 13.5 Å². The van der Waals surface area contributed by atoms with Crippen LogP contribution in [0.5, 0.6) is 0 Å². The number of anilines is 1. The third kappa shape index (κ3) is 2.91. The molecule has 4 heterocycles. The third-order valence-corrected chi connectivity index (χ3v) is 5.05. The van der Waals surface area contributed by atoms with Crippen molar-refractivity contribution in [2.24, 2.45) is 0 Å². The highest BCUT2D eigenvalue weighted by molar-refractivity contribution is 5.79. The molecule has 0 radical (unpaired) electrons. The summed E-state index contributed by atoms with van der Waals surface area (Å²) in [5, 5.41) is 9.47. The first-order chi connectivity index (χ1) is 13.2. The van der Waals surface area contributed by atoms with E-state index in [1.807, 2.05) is 17.6 Å². The zero-order chi connectivity index (χ0) is 18.4. The Hall–Kier alpha value is -3.00. The van der Waals surface area contributed by atoms with E-state index in [1.165, 1.54) is 12.1 Å². The molecule has 0 saturated carbocycles. The lowest BCUT2D eigenvalue weighted by atomic mass is 10.2. The number of halogens is 1. The standard InChI is InChI=1S/C19H19FN6O/c1-13-10-17-19(21-4-5-26(17)22-13)25-8-6-24(7-9-25)12-16-15-3-2-14(20)11-18(15)27-23-16/h2-5,10-11H,6-9,12H2,1H3. The fourth-order valence-corrected chi connectivity index (χ4v) is 3.68. The Kier molecular flexibility index (Phi) is 3.78. The van der Waals surface area contributed by atoms with E-state index in [9.17, 15) is 4.39 Å². The van der Waals surface area contributed by atoms with Crippen LogP contribution in [0.15, 0.2) is 41.2 Å². The Morgan fingerprint density at radius 2 is 2.00 bits per heavy atom. The van der Waals surface area contributed by atoms with Gasteiger partial charge in [-0.2, -0.15) is 5.10 Å². The smallest absolute Gasteiger partial charge is 0.170 e. The van der Waals surface area contributed by atoms with Crippen LogP contribution in [-0.2, 0) is 6.54 Å². The lowest BCUT2D eigenvalue weighted by molar-refractivity contribution is 0.243. The summed E-state index contributed by atoms with van der Waals surface area (Å²) in [7, 11) is 0. The summed E-state index contributed by atoms with van der Waals surface area (Å²) in [6, 6.07) is 6.62. The summed E-state index contributed by atoms with van der Waals surface area (Å²) in [5.41, 5.74) is 3.37. The molecule has 1 saturated heterocycles. The van der Waals surface area contributed by atoms with Gasteiger partial charge in [-0.15, -0.1) is 0 Å². The molecule has 138 valence electrons. The van der Waals surface area contributed by atoms with Crippen molar-refractivity contribution in [3.05, 3.63) is 53.9 Å². The Balaban J connectivity index is 1.31. The van der Waals surface area contributed by atoms with Crippen molar-refractivity contribution in [1.29, 1.82) is 0 Å². The number of fused-ring (bicyclic) bond motifs is 2. The second-order valence-corrected chi connectivity index (χ2v) is 6.90. The van der Waals surface area contributed by atoms with Gasteiger partial charge in [0.05, 0.1) is 5.69 Å². The summed E-state index contributed by atoms with van der Waals surface area (Å²) >= 11 is 0. The maximum atomic E-state index is 13.3. The van der Waals surface area contributed by atoms with Crippen LogP contribution in [0.2, 0.25) is 0 Å². The zero-order valence-corrected chi connectivity index (χ0v) is 15.0. The Labute approximate surface area is 155 Å². The second kappa shape index (κ2) is 6.31. The van der Waals surface area contributed by atoms with Gasteiger partial charge in [0.15, 0.2) is 11.4 Å². The Morgan fingerprint density at radius 1 is 1.15 bits per heavy atom. The fourth-order valence-electron chi connectivity index (χ4n) is 3.68. The number of hydrogen-bond donors (Lipinski definition) is 0. The van der Waals surface area contributed by atoms with E-state index < -0.39 is 0 Å². The molecule has 4 aromatic rings. The van der Waals surface area contributed by atoms with Crippen LogP contribution < -0.4 is 4.90 Å². The van der Waals surface area contributed by atoms with Crippen molar-refractivity contribution in [2.75, 3.05) is 31.1 Å². The Bertz CT molecular complexity index is 1110. The molecule has 27 heavy (non-hydrogen) atoms. The van der Waals surface area contributed by atoms with Gasteiger partial charge < -0.3 is 9.42 Å². The predicted octanol–water partition coefficient (Wildman–Crippen LogP) is 2.64. The zero-order valence-electron chi connectivity index (χ0n) is 15.0. The van der Waals surface area contributed by atoms with E-state index in [0.717, 1.165) is 54.3 Å². The lowest BCUT2D eigenvalue weighted by Gasteiger charge is -2.35. The molecule has 3 aromatic heterocycles. The molecule has 0 bridgehead atoms. The summed E-state index contributed by atoms with van der Waals surface area (Å²) in [6.45, 7) is 6.22. The molecule has 8 heteroatoms. The maximum Gasteiger partial charge on any atom is 0.170 e. The predicted molar refractivity (Wildman–Crippen MR) is 99.2 cm³/mol. The topological polar surface area (TPSA) is 62.7 Å². The highest BCUT2D eigenvalue weighted by Gasteiger charge is 2.22. The van der Waals surface area contributed by atoms with Crippen molar-refractivity contribution in [3.8, 4) is 0 Å². The first-order valence-corrected chi connectivity index (χ1v) is 8.99. The minimum Gasteiger partial charge on any atom is -0.356 e. The number of aryl methyl sites for hydroxylation is 1. The number of piperazine rings is 1. The van der Waals surface area contributed by atoms with E-state index >= 15 is 0 Å². The van der Waals surface area contributed by atoms with Crippen LogP contribution in [0.3, 0.4) is 0 Å². The fraction of sp³-hybridized carbons (Fsp3) is 0.316. The number of benzene rings is 1. The highest BCUT2D eigenvalue weighted by Crippen LogP contribution is 2.23. The van der Waals surface area contributed by atoms with Gasteiger partial charge in [-0.25, -0.2) is 13.9 Å². The van der Waals surface area contributed by atoms with Crippen molar-refractivity contribution >= 4 is 22.3 Å². The minimum atomic E-state index is -0.310. The normalized spacial score (nSPS) is 15.9. The molecule has 0 N–H and O–H groups in total. The van der Waals surface area contributed by atoms with Crippen LogP contribution >= 0.6 is 0 Å². The van der Waals surface area contributed by atoms with Gasteiger partial charge in [0, 0.05) is 56.6 Å². The minimum absolute atomic E-state index is 0.310. The lowest BCUT2D eigenvalue weighted by Crippen LogP contribution is -2.46. The monoisotopic (exact) mass is 366 g/mol. The van der Waals surface area contributed by atoms with E-state index in [-0.39, 0.29) is 5.82 Å². The number of rotatable bonds is 3. The van der Waals surface area contributed by atoms with Crippen molar-refractivity contribution in [1.82, 2.24) is 24.7 Å². The largest absolute Gasteiger partial charge is 0.356 e. The van der Waals surface area contributed by atoms with Crippen LogP contribution in [0, 0.1) is 12.7 Å². The third-order valence-electron chi connectivity index (χ3n) is 5.05. The van der Waals surface area contributed by atoms with Gasteiger partial charge in [0.25, 0.3) is 0 Å². The molecule has 7 nitrogen and oxygen atoms in total. The quantitative estimate of drug-likeness (QED) is 0.555. The van der Waals surface area contributed by atoms with Gasteiger partial charge in [-0.05, 0) is 25.1 Å². The molecule has 1 aliphatic rings. The summed E-state index contributed by atoms with van der Waals surface area (Å²) in [4.78, 5) is 9.20. The summed E-state index contributed by atoms with van der Waals surface area (Å²) < 4.78 is 20.5. The molecule has 0 atom stereocenters. The van der Waals surface area contributed by atoms with E-state index in [2.05, 4.69) is 31.1 Å². The van der Waals surface area contributed by atoms with Crippen molar-refractivity contribution < 1.29 is 8.91 Å². The molecule has 0 amide bonds. The van der Waals surface area contributed by atoms with Crippen molar-refractivity contribution in [3.63, 3.8) is 0 Å². The Morgan fingerprint density at radius 3 is 2.85 bits per heavy atom. The first kappa shape index (κ1) is 16.2. The SMILES string of the molecule is Cc1cc2c(N3CCN(Cc4noc5cc(F)ccc45)CC3)nccn2n1. The molecule has 1 fully saturated rings. The second-order valence-electron chi connectivity index (χ2n) is 6.90. The first-order valence-electron chi connectivity index (χ1n) is 8.99. The average molecular weight is 366 g/mol. The molecule has 5 rings (SSSR count). The van der Waals surface area contributed by atoms with E-state index in [1.54, 1.807) is 12.3 Å². The van der Waals surface area contributed by atoms with Crippen LogP contribution in [-0.4, -0.2) is 50.8 Å². The summed E-state index contributed by atoms with van der Waals surface area (Å²) in [5.74, 6) is 0.663. The molecule has 0 spiro atoms. The van der Waals surface area contributed by atoms with Gasteiger partial charge in [-0.3, -0.25) is 4.90 Å². The molecular weight excluding hydrogens is 347 g/mol. The highest BCUT2D eigenvalue weighted by atomic mass is 19.1. The summed E-state index contributed by atoms with van der Waals surface area (Å²) in [6.07, 6.45) is 3.67. The van der Waals surface area contributed by atoms with E-state index in [4.69, 9.17) is 4.52 Å². The molecule has 1 aromatic carbocycles. The van der Waals surface area contributed by atoms with E-state index in [0.29, 0.717) is 12.1 Å². The van der Waals surface area contributed by atoms with Crippen LogP contribution in [0.4, 0.5) is 10.2 Å². The van der Waals surface area contributed by atoms with Gasteiger partial charge in [-0.1, -0.05) is 5.16 Å². The number of nitrogens with zero attached hydrogens (tertiary/aromatic N) is 6. The van der Waals surface area contributed by atoms with Crippen LogP contribution in [0.1, 0.15) is 11.4 Å². The van der Waals surface area contributed by atoms with Crippen LogP contribution in [0.25, 0.3) is 16.5 Å². The molecule has 0 aliphatic carbocycles. The number of aromatic nitrogens is 4. The molecular formula is C19H19FN6O. The molecule has 0 unspecified atom stereocenters. The maximum absolute atomic E-state index is 13.3. The molecule has 1 aliphatic heterocycles. The number of hydrogen-bond acceptors (Lipinski definition) is 6.